The van der Waals surface area contributed by atoms with Gasteiger partial charge in [-0.15, -0.1) is 0 Å². The Labute approximate surface area is 106 Å². The zero-order valence-electron chi connectivity index (χ0n) is 11.1. The number of rotatable bonds is 6. The third kappa shape index (κ3) is 3.16. The van der Waals surface area contributed by atoms with E-state index in [1.54, 1.807) is 6.92 Å². The average molecular weight is 249 g/mol. The number of hydrogen-bond acceptors (Lipinski definition) is 5. The lowest BCUT2D eigenvalue weighted by Gasteiger charge is -2.11. The maximum absolute atomic E-state index is 4.91. The minimum absolute atomic E-state index is 0.434. The quantitative estimate of drug-likeness (QED) is 0.785. The van der Waals surface area contributed by atoms with Gasteiger partial charge in [0.05, 0.1) is 12.0 Å². The van der Waals surface area contributed by atoms with Gasteiger partial charge >= 0.3 is 0 Å². The molecule has 0 spiro atoms. The molecule has 18 heavy (non-hydrogen) atoms. The van der Waals surface area contributed by atoms with Crippen molar-refractivity contribution in [2.75, 3.05) is 6.54 Å². The van der Waals surface area contributed by atoms with Crippen LogP contribution in [-0.2, 0) is 13.0 Å². The first-order chi connectivity index (χ1) is 8.66. The second-order valence-electron chi connectivity index (χ2n) is 4.54. The van der Waals surface area contributed by atoms with E-state index in [1.165, 1.54) is 5.69 Å². The molecule has 0 saturated heterocycles. The second kappa shape index (κ2) is 5.77. The molecule has 98 valence electrons. The normalized spacial score (nSPS) is 11.3. The Morgan fingerprint density at radius 1 is 1.44 bits per heavy atom. The van der Waals surface area contributed by atoms with Crippen molar-refractivity contribution in [3.05, 3.63) is 29.9 Å². The molecule has 2 heterocycles. The van der Waals surface area contributed by atoms with Gasteiger partial charge in [-0.3, -0.25) is 0 Å². The van der Waals surface area contributed by atoms with Crippen LogP contribution < -0.4 is 5.32 Å². The van der Waals surface area contributed by atoms with Crippen LogP contribution in [0.4, 0.5) is 0 Å². The lowest BCUT2D eigenvalue weighted by Crippen LogP contribution is -2.19. The Kier molecular flexibility index (Phi) is 4.09. The van der Waals surface area contributed by atoms with E-state index in [4.69, 9.17) is 4.52 Å². The van der Waals surface area contributed by atoms with E-state index in [9.17, 15) is 0 Å². The van der Waals surface area contributed by atoms with Gasteiger partial charge in [0, 0.05) is 38.7 Å². The number of nitrogens with one attached hydrogen (secondary N) is 1. The Hall–Kier alpha value is -1.69. The molecule has 0 radical (unpaired) electrons. The van der Waals surface area contributed by atoms with E-state index in [-0.39, 0.29) is 0 Å². The van der Waals surface area contributed by atoms with E-state index < -0.39 is 0 Å². The van der Waals surface area contributed by atoms with Crippen molar-refractivity contribution in [3.8, 4) is 0 Å². The Bertz CT molecular complexity index is 488. The SMILES string of the molecule is Cc1nc(CCNCc2cncn2C(C)C)no1. The Balaban J connectivity index is 1.77. The van der Waals surface area contributed by atoms with Crippen molar-refractivity contribution in [3.63, 3.8) is 0 Å². The molecular formula is C12H19N5O. The van der Waals surface area contributed by atoms with Crippen molar-refractivity contribution < 1.29 is 4.52 Å². The summed E-state index contributed by atoms with van der Waals surface area (Å²) in [5.74, 6) is 1.36. The van der Waals surface area contributed by atoms with Crippen LogP contribution in [-0.4, -0.2) is 26.2 Å². The predicted molar refractivity (Wildman–Crippen MR) is 67.1 cm³/mol. The van der Waals surface area contributed by atoms with Gasteiger partial charge in [-0.05, 0) is 13.8 Å². The van der Waals surface area contributed by atoms with Crippen molar-refractivity contribution >= 4 is 0 Å². The van der Waals surface area contributed by atoms with Crippen LogP contribution in [0.3, 0.4) is 0 Å². The zero-order chi connectivity index (χ0) is 13.0. The molecule has 0 bridgehead atoms. The molecule has 0 amide bonds. The third-order valence-corrected chi connectivity index (χ3v) is 2.70. The number of aryl methyl sites for hydroxylation is 1. The first kappa shape index (κ1) is 12.8. The fraction of sp³-hybridized carbons (Fsp3) is 0.583. The molecule has 6 heteroatoms. The summed E-state index contributed by atoms with van der Waals surface area (Å²) in [6, 6.07) is 0.434. The van der Waals surface area contributed by atoms with E-state index >= 15 is 0 Å². The van der Waals surface area contributed by atoms with E-state index in [0.29, 0.717) is 11.9 Å². The van der Waals surface area contributed by atoms with Crippen LogP contribution in [0.25, 0.3) is 0 Å². The van der Waals surface area contributed by atoms with Gasteiger partial charge in [0.1, 0.15) is 0 Å². The number of aromatic nitrogens is 4. The van der Waals surface area contributed by atoms with Gasteiger partial charge < -0.3 is 14.4 Å². The molecule has 2 aromatic rings. The lowest BCUT2D eigenvalue weighted by atomic mass is 10.3. The minimum atomic E-state index is 0.434. The topological polar surface area (TPSA) is 68.8 Å². The zero-order valence-corrected chi connectivity index (χ0v) is 11.1. The minimum Gasteiger partial charge on any atom is -0.340 e. The maximum atomic E-state index is 4.91. The van der Waals surface area contributed by atoms with Crippen LogP contribution in [0.1, 0.15) is 37.3 Å². The molecule has 2 aromatic heterocycles. The van der Waals surface area contributed by atoms with Crippen molar-refractivity contribution in [2.24, 2.45) is 0 Å². The number of imidazole rings is 1. The van der Waals surface area contributed by atoms with E-state index in [2.05, 4.69) is 38.9 Å². The van der Waals surface area contributed by atoms with Gasteiger partial charge in [0.15, 0.2) is 5.82 Å². The van der Waals surface area contributed by atoms with Crippen LogP contribution in [0.5, 0.6) is 0 Å². The average Bonchev–Trinajstić information content (AvgIpc) is 2.93. The standard InChI is InChI=1S/C12H19N5O/c1-9(2)17-8-14-7-11(17)6-13-5-4-12-15-10(3)18-16-12/h7-9,13H,4-6H2,1-3H3. The summed E-state index contributed by atoms with van der Waals surface area (Å²) >= 11 is 0. The molecule has 6 nitrogen and oxygen atoms in total. The molecule has 0 unspecified atom stereocenters. The van der Waals surface area contributed by atoms with Crippen LogP contribution >= 0.6 is 0 Å². The van der Waals surface area contributed by atoms with E-state index in [1.807, 2.05) is 12.5 Å². The molecule has 1 N–H and O–H groups in total. The molecule has 0 aromatic carbocycles. The summed E-state index contributed by atoms with van der Waals surface area (Å²) < 4.78 is 7.07. The number of hydrogen-bond donors (Lipinski definition) is 1. The Morgan fingerprint density at radius 2 is 2.28 bits per heavy atom. The highest BCUT2D eigenvalue weighted by Crippen LogP contribution is 2.08. The van der Waals surface area contributed by atoms with Gasteiger partial charge in [-0.1, -0.05) is 5.16 Å². The smallest absolute Gasteiger partial charge is 0.223 e. The Morgan fingerprint density at radius 3 is 2.94 bits per heavy atom. The second-order valence-corrected chi connectivity index (χ2v) is 4.54. The molecule has 0 aliphatic heterocycles. The summed E-state index contributed by atoms with van der Waals surface area (Å²) in [5, 5.41) is 7.21. The molecular weight excluding hydrogens is 230 g/mol. The summed E-state index contributed by atoms with van der Waals surface area (Å²) in [4.78, 5) is 8.32. The largest absolute Gasteiger partial charge is 0.340 e. The molecule has 2 rings (SSSR count). The predicted octanol–water partition coefficient (Wildman–Crippen LogP) is 1.49. The highest BCUT2D eigenvalue weighted by Gasteiger charge is 2.05. The first-order valence-corrected chi connectivity index (χ1v) is 6.17. The van der Waals surface area contributed by atoms with Crippen molar-refractivity contribution in [1.82, 2.24) is 25.0 Å². The van der Waals surface area contributed by atoms with Gasteiger partial charge in [0.25, 0.3) is 0 Å². The highest BCUT2D eigenvalue weighted by molar-refractivity contribution is 4.99. The highest BCUT2D eigenvalue weighted by atomic mass is 16.5. The fourth-order valence-corrected chi connectivity index (χ4v) is 1.79. The molecule has 0 aliphatic rings. The van der Waals surface area contributed by atoms with Crippen LogP contribution in [0.2, 0.25) is 0 Å². The molecule has 0 aliphatic carbocycles. The monoisotopic (exact) mass is 249 g/mol. The summed E-state index contributed by atoms with van der Waals surface area (Å²) in [7, 11) is 0. The number of nitrogens with zero attached hydrogens (tertiary/aromatic N) is 4. The lowest BCUT2D eigenvalue weighted by molar-refractivity contribution is 0.387. The van der Waals surface area contributed by atoms with Gasteiger partial charge in [0.2, 0.25) is 5.89 Å². The fourth-order valence-electron chi connectivity index (χ4n) is 1.79. The molecule has 0 atom stereocenters. The summed E-state index contributed by atoms with van der Waals surface area (Å²) in [5.41, 5.74) is 1.19. The van der Waals surface area contributed by atoms with E-state index in [0.717, 1.165) is 25.3 Å². The summed E-state index contributed by atoms with van der Waals surface area (Å²) in [6.07, 6.45) is 4.53. The maximum Gasteiger partial charge on any atom is 0.223 e. The van der Waals surface area contributed by atoms with Crippen molar-refractivity contribution in [1.29, 1.82) is 0 Å². The van der Waals surface area contributed by atoms with Crippen LogP contribution in [0.15, 0.2) is 17.0 Å². The van der Waals surface area contributed by atoms with Gasteiger partial charge in [-0.25, -0.2) is 4.98 Å². The third-order valence-electron chi connectivity index (χ3n) is 2.70. The first-order valence-electron chi connectivity index (χ1n) is 6.17. The summed E-state index contributed by atoms with van der Waals surface area (Å²) in [6.45, 7) is 7.71. The molecule has 0 saturated carbocycles. The van der Waals surface area contributed by atoms with Crippen molar-refractivity contribution in [2.45, 2.75) is 39.8 Å². The van der Waals surface area contributed by atoms with Crippen LogP contribution in [0, 0.1) is 6.92 Å². The van der Waals surface area contributed by atoms with Gasteiger partial charge in [-0.2, -0.15) is 4.98 Å². The molecule has 0 fully saturated rings.